The van der Waals surface area contributed by atoms with Gasteiger partial charge in [0.05, 0.1) is 6.54 Å². The fourth-order valence-electron chi connectivity index (χ4n) is 1.29. The third kappa shape index (κ3) is 2.18. The fourth-order valence-corrected chi connectivity index (χ4v) is 1.29. The molecule has 16 heavy (non-hydrogen) atoms. The molecule has 6 heteroatoms. The van der Waals surface area contributed by atoms with E-state index in [1.807, 2.05) is 24.3 Å². The van der Waals surface area contributed by atoms with Crippen molar-refractivity contribution in [1.29, 1.82) is 0 Å². The summed E-state index contributed by atoms with van der Waals surface area (Å²) in [5, 5.41) is 7.29. The minimum atomic E-state index is 0.349. The first-order valence-corrected chi connectivity index (χ1v) is 4.70. The molecule has 0 saturated heterocycles. The van der Waals surface area contributed by atoms with Gasteiger partial charge in [0, 0.05) is 17.4 Å². The normalized spacial score (nSPS) is 9.81. The molecule has 0 unspecified atom stereocenters. The Morgan fingerprint density at radius 3 is 2.69 bits per heavy atom. The molecular formula is C10H9N5O. The summed E-state index contributed by atoms with van der Waals surface area (Å²) in [7, 11) is 0. The Balaban J connectivity index is 2.22. The van der Waals surface area contributed by atoms with Gasteiger partial charge in [-0.15, -0.1) is 0 Å². The van der Waals surface area contributed by atoms with E-state index in [1.165, 1.54) is 0 Å². The van der Waals surface area contributed by atoms with Gasteiger partial charge in [-0.05, 0) is 11.1 Å². The average molecular weight is 215 g/mol. The van der Waals surface area contributed by atoms with Gasteiger partial charge in [-0.2, -0.15) is 4.98 Å². The summed E-state index contributed by atoms with van der Waals surface area (Å²) >= 11 is 0. The Hall–Kier alpha value is -2.33. The third-order valence-electron chi connectivity index (χ3n) is 2.06. The van der Waals surface area contributed by atoms with Gasteiger partial charge in [-0.3, -0.25) is 0 Å². The summed E-state index contributed by atoms with van der Waals surface area (Å²) in [4.78, 5) is 6.81. The van der Waals surface area contributed by atoms with Gasteiger partial charge >= 0.3 is 0 Å². The molecule has 0 N–H and O–H groups in total. The number of aryl methyl sites for hydroxylation is 1. The van der Waals surface area contributed by atoms with Crippen LogP contribution in [0.3, 0.4) is 0 Å². The monoisotopic (exact) mass is 215 g/mol. The van der Waals surface area contributed by atoms with Crippen molar-refractivity contribution in [2.24, 2.45) is 5.11 Å². The third-order valence-corrected chi connectivity index (χ3v) is 2.06. The van der Waals surface area contributed by atoms with E-state index in [0.29, 0.717) is 18.3 Å². The van der Waals surface area contributed by atoms with Crippen LogP contribution in [0.15, 0.2) is 33.9 Å². The number of hydrogen-bond donors (Lipinski definition) is 0. The van der Waals surface area contributed by atoms with Crippen LogP contribution >= 0.6 is 0 Å². The summed E-state index contributed by atoms with van der Waals surface area (Å²) in [6, 6.07) is 7.48. The molecular weight excluding hydrogens is 206 g/mol. The van der Waals surface area contributed by atoms with Gasteiger partial charge < -0.3 is 4.52 Å². The van der Waals surface area contributed by atoms with Crippen LogP contribution in [0.5, 0.6) is 0 Å². The number of aromatic nitrogens is 2. The molecule has 80 valence electrons. The van der Waals surface area contributed by atoms with Crippen molar-refractivity contribution in [2.75, 3.05) is 0 Å². The highest BCUT2D eigenvalue weighted by molar-refractivity contribution is 5.54. The summed E-state index contributed by atoms with van der Waals surface area (Å²) in [5.41, 5.74) is 10.0. The summed E-state index contributed by atoms with van der Waals surface area (Å²) < 4.78 is 4.89. The van der Waals surface area contributed by atoms with Crippen LogP contribution < -0.4 is 0 Å². The number of rotatable bonds is 3. The zero-order valence-electron chi connectivity index (χ0n) is 8.66. The smallest absolute Gasteiger partial charge is 0.223 e. The largest absolute Gasteiger partial charge is 0.339 e. The average Bonchev–Trinajstić information content (AvgIpc) is 2.74. The van der Waals surface area contributed by atoms with Crippen LogP contribution in [-0.2, 0) is 6.54 Å². The van der Waals surface area contributed by atoms with Crippen molar-refractivity contribution in [3.8, 4) is 11.4 Å². The zero-order chi connectivity index (χ0) is 11.4. The SMILES string of the molecule is Cc1nc(-c2ccc(CN=[N+]=[N-])cc2)no1. The highest BCUT2D eigenvalue weighted by Crippen LogP contribution is 2.16. The molecule has 1 aromatic heterocycles. The van der Waals surface area contributed by atoms with Gasteiger partial charge in [-0.1, -0.05) is 34.5 Å². The van der Waals surface area contributed by atoms with E-state index < -0.39 is 0 Å². The second kappa shape index (κ2) is 4.46. The van der Waals surface area contributed by atoms with E-state index in [4.69, 9.17) is 10.1 Å². The first kappa shape index (κ1) is 10.2. The Bertz CT molecular complexity index is 524. The predicted molar refractivity (Wildman–Crippen MR) is 57.3 cm³/mol. The first-order valence-electron chi connectivity index (χ1n) is 4.70. The van der Waals surface area contributed by atoms with Gasteiger partial charge in [0.2, 0.25) is 11.7 Å². The molecule has 0 aliphatic carbocycles. The maximum atomic E-state index is 8.19. The highest BCUT2D eigenvalue weighted by Gasteiger charge is 2.04. The molecule has 0 atom stereocenters. The van der Waals surface area contributed by atoms with E-state index in [1.54, 1.807) is 6.92 Å². The minimum absolute atomic E-state index is 0.349. The number of nitrogens with zero attached hydrogens (tertiary/aromatic N) is 5. The molecule has 0 saturated carbocycles. The van der Waals surface area contributed by atoms with E-state index >= 15 is 0 Å². The van der Waals surface area contributed by atoms with Gasteiger partial charge in [0.25, 0.3) is 0 Å². The Kier molecular flexibility index (Phi) is 2.84. The maximum Gasteiger partial charge on any atom is 0.223 e. The molecule has 1 aromatic carbocycles. The quantitative estimate of drug-likeness (QED) is 0.448. The van der Waals surface area contributed by atoms with E-state index in [9.17, 15) is 0 Å². The number of benzene rings is 1. The van der Waals surface area contributed by atoms with E-state index in [-0.39, 0.29) is 0 Å². The van der Waals surface area contributed by atoms with Gasteiger partial charge in [-0.25, -0.2) is 0 Å². The van der Waals surface area contributed by atoms with Crippen molar-refractivity contribution in [2.45, 2.75) is 13.5 Å². The van der Waals surface area contributed by atoms with Crippen LogP contribution in [0.4, 0.5) is 0 Å². The van der Waals surface area contributed by atoms with Gasteiger partial charge in [0.15, 0.2) is 0 Å². The fraction of sp³-hybridized carbons (Fsp3) is 0.200. The van der Waals surface area contributed by atoms with Crippen molar-refractivity contribution in [3.05, 3.63) is 46.2 Å². The van der Waals surface area contributed by atoms with Crippen molar-refractivity contribution >= 4 is 0 Å². The van der Waals surface area contributed by atoms with Crippen LogP contribution in [0.2, 0.25) is 0 Å². The molecule has 0 bridgehead atoms. The number of azide groups is 1. The molecule has 0 radical (unpaired) electrons. The molecule has 6 nitrogen and oxygen atoms in total. The summed E-state index contributed by atoms with van der Waals surface area (Å²) in [6.07, 6.45) is 0. The lowest BCUT2D eigenvalue weighted by atomic mass is 10.1. The lowest BCUT2D eigenvalue weighted by Crippen LogP contribution is -1.83. The molecule has 2 rings (SSSR count). The lowest BCUT2D eigenvalue weighted by molar-refractivity contribution is 0.394. The number of hydrogen-bond acceptors (Lipinski definition) is 4. The highest BCUT2D eigenvalue weighted by atomic mass is 16.5. The molecule has 1 heterocycles. The molecule has 2 aromatic rings. The van der Waals surface area contributed by atoms with Crippen molar-refractivity contribution in [1.82, 2.24) is 10.1 Å². The standard InChI is InChI=1S/C10H9N5O/c1-7-13-10(14-16-7)9-4-2-8(3-5-9)6-12-15-11/h2-5H,6H2,1H3. The molecule has 0 aliphatic heterocycles. The summed E-state index contributed by atoms with van der Waals surface area (Å²) in [5.74, 6) is 1.10. The summed E-state index contributed by atoms with van der Waals surface area (Å²) in [6.45, 7) is 2.09. The minimum Gasteiger partial charge on any atom is -0.339 e. The van der Waals surface area contributed by atoms with Crippen molar-refractivity contribution in [3.63, 3.8) is 0 Å². The maximum absolute atomic E-state index is 8.19. The first-order chi connectivity index (χ1) is 7.79. The van der Waals surface area contributed by atoms with Crippen LogP contribution in [0, 0.1) is 6.92 Å². The molecule has 0 amide bonds. The Labute approximate surface area is 91.5 Å². The zero-order valence-corrected chi connectivity index (χ0v) is 8.66. The second-order valence-electron chi connectivity index (χ2n) is 3.22. The van der Waals surface area contributed by atoms with Gasteiger partial charge in [0.1, 0.15) is 0 Å². The Morgan fingerprint density at radius 1 is 1.38 bits per heavy atom. The van der Waals surface area contributed by atoms with E-state index in [0.717, 1.165) is 11.1 Å². The van der Waals surface area contributed by atoms with Crippen LogP contribution in [0.25, 0.3) is 21.8 Å². The molecule has 0 fully saturated rings. The van der Waals surface area contributed by atoms with E-state index in [2.05, 4.69) is 20.2 Å². The topological polar surface area (TPSA) is 87.7 Å². The molecule has 0 spiro atoms. The predicted octanol–water partition coefficient (Wildman–Crippen LogP) is 2.86. The molecule has 0 aliphatic rings. The van der Waals surface area contributed by atoms with Crippen LogP contribution in [-0.4, -0.2) is 10.1 Å². The lowest BCUT2D eigenvalue weighted by Gasteiger charge is -1.97. The Morgan fingerprint density at radius 2 is 2.12 bits per heavy atom. The second-order valence-corrected chi connectivity index (χ2v) is 3.22. The van der Waals surface area contributed by atoms with Crippen molar-refractivity contribution < 1.29 is 4.52 Å². The van der Waals surface area contributed by atoms with Crippen LogP contribution in [0.1, 0.15) is 11.5 Å².